The Labute approximate surface area is 81.2 Å². The lowest BCUT2D eigenvalue weighted by atomic mass is 10.1. The minimum absolute atomic E-state index is 0.835. The standard InChI is InChI=1S/C10H13N.C2H6/c1-7-5-10(9-3-4-9)6-11-8(7)2;1-2/h5-6,9H,3-4H2,1-2H3;1-2H3. The van der Waals surface area contributed by atoms with E-state index in [9.17, 15) is 0 Å². The second-order valence-electron chi connectivity index (χ2n) is 3.45. The van der Waals surface area contributed by atoms with E-state index in [1.165, 1.54) is 24.0 Å². The summed E-state index contributed by atoms with van der Waals surface area (Å²) >= 11 is 0. The molecule has 0 N–H and O–H groups in total. The van der Waals surface area contributed by atoms with Crippen LogP contribution < -0.4 is 0 Å². The lowest BCUT2D eigenvalue weighted by Gasteiger charge is -2.01. The van der Waals surface area contributed by atoms with Gasteiger partial charge in [-0.1, -0.05) is 19.9 Å². The van der Waals surface area contributed by atoms with Crippen molar-refractivity contribution in [2.24, 2.45) is 0 Å². The first-order chi connectivity index (χ1) is 6.27. The SMILES string of the molecule is CC.Cc1cc(C2CC2)cnc1C. The Morgan fingerprint density at radius 2 is 1.85 bits per heavy atom. The Balaban J connectivity index is 0.000000396. The summed E-state index contributed by atoms with van der Waals surface area (Å²) in [7, 11) is 0. The zero-order chi connectivity index (χ0) is 9.84. The van der Waals surface area contributed by atoms with Gasteiger partial charge < -0.3 is 0 Å². The molecule has 1 heteroatoms. The monoisotopic (exact) mass is 177 g/mol. The molecule has 1 heterocycles. The van der Waals surface area contributed by atoms with E-state index in [4.69, 9.17) is 0 Å². The van der Waals surface area contributed by atoms with Gasteiger partial charge in [0.15, 0.2) is 0 Å². The van der Waals surface area contributed by atoms with Crippen molar-refractivity contribution >= 4 is 0 Å². The van der Waals surface area contributed by atoms with Gasteiger partial charge in [0.05, 0.1) is 0 Å². The van der Waals surface area contributed by atoms with Crippen LogP contribution in [0.3, 0.4) is 0 Å². The van der Waals surface area contributed by atoms with Crippen molar-refractivity contribution < 1.29 is 0 Å². The first kappa shape index (κ1) is 10.2. The Kier molecular flexibility index (Phi) is 3.47. The van der Waals surface area contributed by atoms with Crippen LogP contribution in [0.1, 0.15) is 49.4 Å². The Morgan fingerprint density at radius 1 is 1.23 bits per heavy atom. The zero-order valence-corrected chi connectivity index (χ0v) is 9.09. The van der Waals surface area contributed by atoms with E-state index in [1.54, 1.807) is 0 Å². The van der Waals surface area contributed by atoms with Crippen molar-refractivity contribution in [3.8, 4) is 0 Å². The van der Waals surface area contributed by atoms with Crippen LogP contribution in [0.25, 0.3) is 0 Å². The molecule has 1 aliphatic carbocycles. The van der Waals surface area contributed by atoms with E-state index >= 15 is 0 Å². The van der Waals surface area contributed by atoms with Crippen LogP contribution in [0, 0.1) is 13.8 Å². The van der Waals surface area contributed by atoms with Crippen molar-refractivity contribution in [1.29, 1.82) is 0 Å². The molecule has 0 bridgehead atoms. The van der Waals surface area contributed by atoms with Crippen LogP contribution >= 0.6 is 0 Å². The second kappa shape index (κ2) is 4.40. The largest absolute Gasteiger partial charge is 0.261 e. The van der Waals surface area contributed by atoms with E-state index in [1.807, 2.05) is 20.0 Å². The topological polar surface area (TPSA) is 12.9 Å². The van der Waals surface area contributed by atoms with Crippen molar-refractivity contribution in [2.75, 3.05) is 0 Å². The molecular weight excluding hydrogens is 158 g/mol. The van der Waals surface area contributed by atoms with Gasteiger partial charge in [-0.05, 0) is 43.7 Å². The van der Waals surface area contributed by atoms with Crippen molar-refractivity contribution in [2.45, 2.75) is 46.5 Å². The number of pyridine rings is 1. The van der Waals surface area contributed by atoms with Gasteiger partial charge in [-0.2, -0.15) is 0 Å². The van der Waals surface area contributed by atoms with E-state index < -0.39 is 0 Å². The highest BCUT2D eigenvalue weighted by Gasteiger charge is 2.23. The normalized spacial score (nSPS) is 14.8. The van der Waals surface area contributed by atoms with Crippen molar-refractivity contribution in [3.63, 3.8) is 0 Å². The number of nitrogens with zero attached hydrogens (tertiary/aromatic N) is 1. The first-order valence-electron chi connectivity index (χ1n) is 5.20. The van der Waals surface area contributed by atoms with Crippen LogP contribution in [0.15, 0.2) is 12.3 Å². The van der Waals surface area contributed by atoms with Crippen LogP contribution in [0.4, 0.5) is 0 Å². The van der Waals surface area contributed by atoms with Crippen LogP contribution in [-0.4, -0.2) is 4.98 Å². The quantitative estimate of drug-likeness (QED) is 0.638. The van der Waals surface area contributed by atoms with E-state index in [2.05, 4.69) is 24.9 Å². The fraction of sp³-hybridized carbons (Fsp3) is 0.583. The third-order valence-corrected chi connectivity index (χ3v) is 2.41. The number of hydrogen-bond acceptors (Lipinski definition) is 1. The van der Waals surface area contributed by atoms with Gasteiger partial charge in [-0.3, -0.25) is 4.98 Å². The van der Waals surface area contributed by atoms with E-state index in [-0.39, 0.29) is 0 Å². The lowest BCUT2D eigenvalue weighted by Crippen LogP contribution is -1.89. The molecule has 1 aromatic rings. The van der Waals surface area contributed by atoms with Crippen LogP contribution in [0.2, 0.25) is 0 Å². The molecule has 0 radical (unpaired) electrons. The second-order valence-corrected chi connectivity index (χ2v) is 3.45. The van der Waals surface area contributed by atoms with Crippen molar-refractivity contribution in [1.82, 2.24) is 4.98 Å². The molecule has 1 aromatic heterocycles. The predicted octanol–water partition coefficient (Wildman–Crippen LogP) is 3.60. The summed E-state index contributed by atoms with van der Waals surface area (Å²) in [5, 5.41) is 0. The number of aryl methyl sites for hydroxylation is 2. The van der Waals surface area contributed by atoms with Crippen LogP contribution in [0.5, 0.6) is 0 Å². The van der Waals surface area contributed by atoms with E-state index in [0.717, 1.165) is 11.6 Å². The summed E-state index contributed by atoms with van der Waals surface area (Å²) in [6.07, 6.45) is 4.76. The van der Waals surface area contributed by atoms with E-state index in [0.29, 0.717) is 0 Å². The third kappa shape index (κ3) is 2.55. The molecule has 1 fully saturated rings. The van der Waals surface area contributed by atoms with Gasteiger partial charge in [0, 0.05) is 11.9 Å². The number of hydrogen-bond donors (Lipinski definition) is 0. The Morgan fingerprint density at radius 3 is 2.31 bits per heavy atom. The Hall–Kier alpha value is -0.850. The van der Waals surface area contributed by atoms with Gasteiger partial charge in [0.25, 0.3) is 0 Å². The van der Waals surface area contributed by atoms with Gasteiger partial charge in [-0.25, -0.2) is 0 Å². The summed E-state index contributed by atoms with van der Waals surface area (Å²) in [5.74, 6) is 0.835. The molecule has 72 valence electrons. The van der Waals surface area contributed by atoms with Crippen molar-refractivity contribution in [3.05, 3.63) is 29.1 Å². The molecule has 1 aliphatic rings. The molecule has 1 saturated carbocycles. The minimum atomic E-state index is 0.835. The summed E-state index contributed by atoms with van der Waals surface area (Å²) in [5.41, 5.74) is 3.93. The summed E-state index contributed by atoms with van der Waals surface area (Å²) in [6.45, 7) is 8.19. The molecule has 0 saturated heterocycles. The molecule has 0 unspecified atom stereocenters. The Bertz CT molecular complexity index is 274. The molecular formula is C12H19N. The molecule has 0 spiro atoms. The number of aromatic nitrogens is 1. The zero-order valence-electron chi connectivity index (χ0n) is 9.09. The predicted molar refractivity (Wildman–Crippen MR) is 57.0 cm³/mol. The third-order valence-electron chi connectivity index (χ3n) is 2.41. The highest BCUT2D eigenvalue weighted by Crippen LogP contribution is 2.39. The molecule has 13 heavy (non-hydrogen) atoms. The van der Waals surface area contributed by atoms with Gasteiger partial charge >= 0.3 is 0 Å². The maximum absolute atomic E-state index is 4.34. The average molecular weight is 177 g/mol. The highest BCUT2D eigenvalue weighted by molar-refractivity contribution is 5.28. The highest BCUT2D eigenvalue weighted by atomic mass is 14.7. The number of rotatable bonds is 1. The molecule has 2 rings (SSSR count). The summed E-state index contributed by atoms with van der Waals surface area (Å²) in [6, 6.07) is 2.28. The summed E-state index contributed by atoms with van der Waals surface area (Å²) < 4.78 is 0. The lowest BCUT2D eigenvalue weighted by molar-refractivity contribution is 1.05. The molecule has 1 nitrogen and oxygen atoms in total. The maximum Gasteiger partial charge on any atom is 0.0401 e. The smallest absolute Gasteiger partial charge is 0.0401 e. The maximum atomic E-state index is 4.34. The molecule has 0 amide bonds. The fourth-order valence-corrected chi connectivity index (χ4v) is 1.30. The van der Waals surface area contributed by atoms with Crippen LogP contribution in [-0.2, 0) is 0 Å². The summed E-state index contributed by atoms with van der Waals surface area (Å²) in [4.78, 5) is 4.34. The fourth-order valence-electron chi connectivity index (χ4n) is 1.30. The molecule has 0 aliphatic heterocycles. The molecule has 0 aromatic carbocycles. The van der Waals surface area contributed by atoms with Gasteiger partial charge in [-0.15, -0.1) is 0 Å². The average Bonchev–Trinajstić information content (AvgIpc) is 2.96. The molecule has 0 atom stereocenters. The minimum Gasteiger partial charge on any atom is -0.261 e. The first-order valence-corrected chi connectivity index (χ1v) is 5.20. The van der Waals surface area contributed by atoms with Gasteiger partial charge in [0.2, 0.25) is 0 Å². The van der Waals surface area contributed by atoms with Gasteiger partial charge in [0.1, 0.15) is 0 Å².